The number of aromatic nitrogens is 4. The Hall–Kier alpha value is -3.46. The Morgan fingerprint density at radius 3 is 2.76 bits per heavy atom. The lowest BCUT2D eigenvalue weighted by atomic mass is 10.2. The molecule has 1 aliphatic heterocycles. The van der Waals surface area contributed by atoms with Crippen molar-refractivity contribution in [2.45, 2.75) is 6.54 Å². The third-order valence-corrected chi connectivity index (χ3v) is 4.58. The van der Waals surface area contributed by atoms with Gasteiger partial charge in [0.15, 0.2) is 0 Å². The third kappa shape index (κ3) is 4.35. The van der Waals surface area contributed by atoms with Crippen molar-refractivity contribution in [3.8, 4) is 23.0 Å². The predicted octanol–water partition coefficient (Wildman–Crippen LogP) is 1.88. The van der Waals surface area contributed by atoms with Gasteiger partial charge in [0.2, 0.25) is 5.88 Å². The molecule has 1 aliphatic rings. The zero-order valence-electron chi connectivity index (χ0n) is 16.1. The van der Waals surface area contributed by atoms with E-state index in [9.17, 15) is 4.79 Å². The van der Waals surface area contributed by atoms with Crippen molar-refractivity contribution >= 4 is 6.03 Å². The predicted molar refractivity (Wildman–Crippen MR) is 106 cm³/mol. The van der Waals surface area contributed by atoms with Crippen LogP contribution in [0.5, 0.6) is 5.88 Å². The van der Waals surface area contributed by atoms with Gasteiger partial charge in [0.25, 0.3) is 0 Å². The van der Waals surface area contributed by atoms with Gasteiger partial charge in [-0.1, -0.05) is 6.07 Å². The van der Waals surface area contributed by atoms with Crippen LogP contribution in [-0.2, 0) is 11.3 Å². The van der Waals surface area contributed by atoms with Crippen molar-refractivity contribution in [3.63, 3.8) is 0 Å². The minimum absolute atomic E-state index is 0.117. The molecule has 0 saturated carbocycles. The molecule has 0 radical (unpaired) electrons. The van der Waals surface area contributed by atoms with Gasteiger partial charge in [-0.05, 0) is 24.3 Å². The number of carbonyl (C=O) groups excluding carboxylic acids is 1. The van der Waals surface area contributed by atoms with Gasteiger partial charge in [-0.3, -0.25) is 4.98 Å². The standard InChI is InChI=1S/C20H22N6O3/c1-28-19-6-5-16(14-22-19)26-18(17-4-2-3-7-21-17)12-15(24-26)13-23-20(27)25-8-10-29-11-9-25/h2-7,12,14H,8-11,13H2,1H3,(H,23,27). The molecule has 4 heterocycles. The number of nitrogens with one attached hydrogen (secondary N) is 1. The van der Waals surface area contributed by atoms with Crippen molar-refractivity contribution in [1.82, 2.24) is 30.0 Å². The van der Waals surface area contributed by atoms with Crippen molar-refractivity contribution in [1.29, 1.82) is 0 Å². The molecule has 0 atom stereocenters. The van der Waals surface area contributed by atoms with Crippen LogP contribution in [0.1, 0.15) is 5.69 Å². The molecule has 3 aromatic heterocycles. The molecule has 0 aliphatic carbocycles. The molecular weight excluding hydrogens is 372 g/mol. The van der Waals surface area contributed by atoms with Crippen LogP contribution in [0.4, 0.5) is 4.79 Å². The topological polar surface area (TPSA) is 94.4 Å². The second-order valence-corrected chi connectivity index (χ2v) is 6.46. The molecule has 1 N–H and O–H groups in total. The minimum atomic E-state index is -0.117. The van der Waals surface area contributed by atoms with Gasteiger partial charge in [-0.15, -0.1) is 0 Å². The zero-order valence-corrected chi connectivity index (χ0v) is 16.1. The molecule has 9 nitrogen and oxygen atoms in total. The Morgan fingerprint density at radius 2 is 2.07 bits per heavy atom. The maximum absolute atomic E-state index is 12.4. The molecule has 2 amide bonds. The van der Waals surface area contributed by atoms with Crippen LogP contribution in [0.3, 0.4) is 0 Å². The van der Waals surface area contributed by atoms with Crippen molar-refractivity contribution in [3.05, 3.63) is 54.5 Å². The fraction of sp³-hybridized carbons (Fsp3) is 0.300. The average molecular weight is 394 g/mol. The molecule has 0 aromatic carbocycles. The molecule has 0 spiro atoms. The highest BCUT2D eigenvalue weighted by Crippen LogP contribution is 2.23. The molecule has 0 bridgehead atoms. The number of morpholine rings is 1. The normalized spacial score (nSPS) is 13.9. The summed E-state index contributed by atoms with van der Waals surface area (Å²) in [5.74, 6) is 0.526. The van der Waals surface area contributed by atoms with E-state index in [0.717, 1.165) is 22.8 Å². The number of ether oxygens (including phenoxy) is 2. The first-order chi connectivity index (χ1) is 14.2. The van der Waals surface area contributed by atoms with Gasteiger partial charge in [0.05, 0.1) is 55.8 Å². The zero-order chi connectivity index (χ0) is 20.1. The number of nitrogens with zero attached hydrogens (tertiary/aromatic N) is 5. The van der Waals surface area contributed by atoms with Crippen LogP contribution in [0.25, 0.3) is 17.1 Å². The van der Waals surface area contributed by atoms with E-state index in [1.165, 1.54) is 0 Å². The van der Waals surface area contributed by atoms with Gasteiger partial charge in [0.1, 0.15) is 0 Å². The summed E-state index contributed by atoms with van der Waals surface area (Å²) in [6.07, 6.45) is 3.42. The number of amides is 2. The van der Waals surface area contributed by atoms with Crippen LogP contribution in [0.15, 0.2) is 48.8 Å². The van der Waals surface area contributed by atoms with Gasteiger partial charge < -0.3 is 19.7 Å². The van der Waals surface area contributed by atoms with E-state index in [1.54, 1.807) is 35.2 Å². The number of rotatable bonds is 5. The highest BCUT2D eigenvalue weighted by Gasteiger charge is 2.18. The van der Waals surface area contributed by atoms with E-state index in [1.807, 2.05) is 30.3 Å². The molecular formula is C20H22N6O3. The fourth-order valence-electron chi connectivity index (χ4n) is 3.07. The molecule has 29 heavy (non-hydrogen) atoms. The van der Waals surface area contributed by atoms with Crippen LogP contribution >= 0.6 is 0 Å². The SMILES string of the molecule is COc1ccc(-n2nc(CNC(=O)N3CCOCC3)cc2-c2ccccn2)cn1. The second-order valence-electron chi connectivity index (χ2n) is 6.46. The van der Waals surface area contributed by atoms with E-state index in [-0.39, 0.29) is 6.03 Å². The van der Waals surface area contributed by atoms with Crippen molar-refractivity contribution in [2.75, 3.05) is 33.4 Å². The van der Waals surface area contributed by atoms with Crippen molar-refractivity contribution in [2.24, 2.45) is 0 Å². The summed E-state index contributed by atoms with van der Waals surface area (Å²) < 4.78 is 12.2. The largest absolute Gasteiger partial charge is 0.481 e. The average Bonchev–Trinajstić information content (AvgIpc) is 3.23. The minimum Gasteiger partial charge on any atom is -0.481 e. The van der Waals surface area contributed by atoms with Gasteiger partial charge in [-0.25, -0.2) is 14.5 Å². The number of hydrogen-bond acceptors (Lipinski definition) is 6. The van der Waals surface area contributed by atoms with E-state index < -0.39 is 0 Å². The lowest BCUT2D eigenvalue weighted by molar-refractivity contribution is 0.0531. The number of pyridine rings is 2. The molecule has 4 rings (SSSR count). The first kappa shape index (κ1) is 18.9. The smallest absolute Gasteiger partial charge is 0.317 e. The maximum atomic E-state index is 12.4. The van der Waals surface area contributed by atoms with Gasteiger partial charge >= 0.3 is 6.03 Å². The molecule has 1 saturated heterocycles. The monoisotopic (exact) mass is 394 g/mol. The Labute approximate surface area is 168 Å². The summed E-state index contributed by atoms with van der Waals surface area (Å²) in [5, 5.41) is 7.60. The van der Waals surface area contributed by atoms with E-state index in [2.05, 4.69) is 20.4 Å². The van der Waals surface area contributed by atoms with Crippen LogP contribution in [-0.4, -0.2) is 64.1 Å². The van der Waals surface area contributed by atoms with Crippen LogP contribution < -0.4 is 10.1 Å². The number of hydrogen-bond donors (Lipinski definition) is 1. The first-order valence-electron chi connectivity index (χ1n) is 9.36. The first-order valence-corrected chi connectivity index (χ1v) is 9.36. The Kier molecular flexibility index (Phi) is 5.66. The third-order valence-electron chi connectivity index (χ3n) is 4.58. The molecule has 150 valence electrons. The second kappa shape index (κ2) is 8.70. The fourth-order valence-corrected chi connectivity index (χ4v) is 3.07. The Balaban J connectivity index is 1.58. The van der Waals surface area contributed by atoms with Crippen LogP contribution in [0.2, 0.25) is 0 Å². The van der Waals surface area contributed by atoms with Gasteiger partial charge in [-0.2, -0.15) is 5.10 Å². The molecule has 1 fully saturated rings. The summed E-state index contributed by atoms with van der Waals surface area (Å²) >= 11 is 0. The number of methoxy groups -OCH3 is 1. The number of carbonyl (C=O) groups is 1. The lowest BCUT2D eigenvalue weighted by Crippen LogP contribution is -2.45. The highest BCUT2D eigenvalue weighted by molar-refractivity contribution is 5.74. The van der Waals surface area contributed by atoms with E-state index >= 15 is 0 Å². The summed E-state index contributed by atoms with van der Waals surface area (Å²) in [5.41, 5.74) is 3.09. The Morgan fingerprint density at radius 1 is 1.21 bits per heavy atom. The van der Waals surface area contributed by atoms with E-state index in [0.29, 0.717) is 38.7 Å². The summed E-state index contributed by atoms with van der Waals surface area (Å²) in [6.45, 7) is 2.63. The summed E-state index contributed by atoms with van der Waals surface area (Å²) in [6, 6.07) is 11.2. The summed E-state index contributed by atoms with van der Waals surface area (Å²) in [4.78, 5) is 22.8. The highest BCUT2D eigenvalue weighted by atomic mass is 16.5. The quantitative estimate of drug-likeness (QED) is 0.710. The molecule has 9 heteroatoms. The van der Waals surface area contributed by atoms with Crippen LogP contribution in [0, 0.1) is 0 Å². The molecule has 0 unspecified atom stereocenters. The lowest BCUT2D eigenvalue weighted by Gasteiger charge is -2.26. The molecule has 3 aromatic rings. The number of urea groups is 1. The van der Waals surface area contributed by atoms with E-state index in [4.69, 9.17) is 9.47 Å². The van der Waals surface area contributed by atoms with Crippen molar-refractivity contribution < 1.29 is 14.3 Å². The summed E-state index contributed by atoms with van der Waals surface area (Å²) in [7, 11) is 1.57. The van der Waals surface area contributed by atoms with Gasteiger partial charge in [0, 0.05) is 25.4 Å². The Bertz CT molecular complexity index is 952. The maximum Gasteiger partial charge on any atom is 0.317 e.